The molecule has 2 atom stereocenters. The highest BCUT2D eigenvalue weighted by molar-refractivity contribution is 6.70. The van der Waals surface area contributed by atoms with Crippen LogP contribution in [0.2, 0.25) is 0 Å². The molecule has 0 spiro atoms. The normalized spacial score (nSPS) is 15.6. The van der Waals surface area contributed by atoms with Gasteiger partial charge in [-0.2, -0.15) is 0 Å². The summed E-state index contributed by atoms with van der Waals surface area (Å²) in [5.74, 6) is 0. The lowest BCUT2D eigenvalue weighted by molar-refractivity contribution is 0.0904. The number of likely N-dealkylation sites (N-methyl/N-ethyl adjacent to an activating group) is 2. The molecule has 0 aliphatic carbocycles. The maximum absolute atomic E-state index is 6.72. The number of hydrogen-bond acceptors (Lipinski definition) is 6. The van der Waals surface area contributed by atoms with Crippen molar-refractivity contribution >= 4 is 8.56 Å². The van der Waals surface area contributed by atoms with Crippen LogP contribution in [0.4, 0.5) is 0 Å². The molecule has 0 amide bonds. The molecule has 0 radical (unpaired) electrons. The Morgan fingerprint density at radius 1 is 0.640 bits per heavy atom. The van der Waals surface area contributed by atoms with Crippen LogP contribution in [0, 0.1) is 0 Å². The highest BCUT2D eigenvalue weighted by Gasteiger charge is 2.53. The minimum absolute atomic E-state index is 0.323. The van der Waals surface area contributed by atoms with Crippen molar-refractivity contribution in [2.45, 2.75) is 38.0 Å². The van der Waals surface area contributed by atoms with Gasteiger partial charge in [0.05, 0.1) is 11.3 Å². The summed E-state index contributed by atoms with van der Waals surface area (Å²) in [6, 6.07) is 0. The molecule has 0 aliphatic rings. The first-order valence-corrected chi connectivity index (χ1v) is 11.5. The molecule has 7 heteroatoms. The quantitative estimate of drug-likeness (QED) is 0.425. The Morgan fingerprint density at radius 2 is 0.960 bits per heavy atom. The third kappa shape index (κ3) is 8.03. The van der Waals surface area contributed by atoms with Gasteiger partial charge in [-0.3, -0.25) is 0 Å². The van der Waals surface area contributed by atoms with Gasteiger partial charge in [-0.15, -0.1) is 0 Å². The first-order valence-electron chi connectivity index (χ1n) is 9.52. The average Bonchev–Trinajstić information content (AvgIpc) is 2.46. The molecule has 0 fully saturated rings. The molecule has 2 unspecified atom stereocenters. The summed E-state index contributed by atoms with van der Waals surface area (Å²) in [6.45, 7) is 7.77. The Kier molecular flexibility index (Phi) is 12.4. The van der Waals surface area contributed by atoms with E-state index in [1.54, 1.807) is 0 Å². The van der Waals surface area contributed by atoms with Gasteiger partial charge >= 0.3 is 8.56 Å². The molecule has 0 saturated carbocycles. The first-order chi connectivity index (χ1) is 11.6. The van der Waals surface area contributed by atoms with Crippen LogP contribution in [0.1, 0.15) is 26.7 Å². The lowest BCUT2D eigenvalue weighted by Crippen LogP contribution is -2.70. The summed E-state index contributed by atoms with van der Waals surface area (Å²) in [6.07, 6.45) is 2.07. The van der Waals surface area contributed by atoms with Crippen LogP contribution in [0.25, 0.3) is 0 Å². The monoisotopic (exact) mass is 376 g/mol. The summed E-state index contributed by atoms with van der Waals surface area (Å²) < 4.78 is 13.4. The molecule has 0 aromatic carbocycles. The predicted molar refractivity (Wildman–Crippen MR) is 110 cm³/mol. The molecule has 0 heterocycles. The van der Waals surface area contributed by atoms with E-state index in [2.05, 4.69) is 89.8 Å². The number of nitrogens with zero attached hydrogens (tertiary/aromatic N) is 4. The second-order valence-electron chi connectivity index (χ2n) is 7.80. The molecule has 0 saturated heterocycles. The first kappa shape index (κ1) is 25.0. The van der Waals surface area contributed by atoms with Crippen molar-refractivity contribution < 1.29 is 8.85 Å². The van der Waals surface area contributed by atoms with Crippen molar-refractivity contribution in [1.29, 1.82) is 0 Å². The van der Waals surface area contributed by atoms with Gasteiger partial charge in [-0.1, -0.05) is 13.8 Å². The Hall–Kier alpha value is -0.0231. The Bertz CT molecular complexity index is 309. The van der Waals surface area contributed by atoms with Crippen molar-refractivity contribution in [3.63, 3.8) is 0 Å². The average molecular weight is 377 g/mol. The highest BCUT2D eigenvalue weighted by atomic mass is 28.4. The van der Waals surface area contributed by atoms with Crippen molar-refractivity contribution in [2.75, 3.05) is 82.7 Å². The standard InChI is InChI=1S/C18H44N4O2Si/c1-11-17(21(7)8)25(18(12-2)22(9)10,23-15-13-19(3)4)24-16-14-20(5)6/h17-18H,11-16H2,1-10H3. The predicted octanol–water partition coefficient (Wildman–Crippen LogP) is 1.34. The maximum atomic E-state index is 6.72. The van der Waals surface area contributed by atoms with Crippen LogP contribution in [-0.2, 0) is 8.85 Å². The van der Waals surface area contributed by atoms with Crippen molar-refractivity contribution in [1.82, 2.24) is 19.6 Å². The van der Waals surface area contributed by atoms with Gasteiger partial charge in [0.1, 0.15) is 0 Å². The third-order valence-electron chi connectivity index (χ3n) is 4.68. The van der Waals surface area contributed by atoms with Crippen molar-refractivity contribution in [2.24, 2.45) is 0 Å². The van der Waals surface area contributed by atoms with Gasteiger partial charge in [-0.05, 0) is 69.2 Å². The maximum Gasteiger partial charge on any atom is 0.373 e. The lowest BCUT2D eigenvalue weighted by atomic mass is 10.4. The summed E-state index contributed by atoms with van der Waals surface area (Å²) >= 11 is 0. The van der Waals surface area contributed by atoms with Crippen molar-refractivity contribution in [3.8, 4) is 0 Å². The van der Waals surface area contributed by atoms with E-state index in [-0.39, 0.29) is 0 Å². The Morgan fingerprint density at radius 3 is 1.16 bits per heavy atom. The van der Waals surface area contributed by atoms with Crippen LogP contribution >= 0.6 is 0 Å². The number of hydrogen-bond donors (Lipinski definition) is 0. The minimum atomic E-state index is -2.52. The second-order valence-corrected chi connectivity index (χ2v) is 11.2. The lowest BCUT2D eigenvalue weighted by Gasteiger charge is -2.47. The van der Waals surface area contributed by atoms with Gasteiger partial charge in [0.2, 0.25) is 0 Å². The van der Waals surface area contributed by atoms with E-state index in [4.69, 9.17) is 8.85 Å². The summed E-state index contributed by atoms with van der Waals surface area (Å²) in [5.41, 5.74) is 0.647. The fourth-order valence-corrected chi connectivity index (χ4v) is 8.14. The van der Waals surface area contributed by atoms with Crippen LogP contribution < -0.4 is 0 Å². The van der Waals surface area contributed by atoms with E-state index >= 15 is 0 Å². The summed E-state index contributed by atoms with van der Waals surface area (Å²) in [7, 11) is 14.5. The molecule has 0 aliphatic heterocycles. The molecule has 6 nitrogen and oxygen atoms in total. The van der Waals surface area contributed by atoms with E-state index in [1.165, 1.54) is 0 Å². The van der Waals surface area contributed by atoms with E-state index < -0.39 is 8.56 Å². The minimum Gasteiger partial charge on any atom is -0.391 e. The molecule has 0 bridgehead atoms. The molecular formula is C18H44N4O2Si. The largest absolute Gasteiger partial charge is 0.391 e. The zero-order valence-electron chi connectivity index (χ0n) is 18.5. The highest BCUT2D eigenvalue weighted by Crippen LogP contribution is 2.27. The van der Waals surface area contributed by atoms with Crippen LogP contribution in [0.3, 0.4) is 0 Å². The van der Waals surface area contributed by atoms with Crippen LogP contribution in [0.5, 0.6) is 0 Å². The fourth-order valence-electron chi connectivity index (χ4n) is 3.44. The van der Waals surface area contributed by atoms with Crippen molar-refractivity contribution in [3.05, 3.63) is 0 Å². The zero-order valence-corrected chi connectivity index (χ0v) is 19.5. The van der Waals surface area contributed by atoms with E-state index in [9.17, 15) is 0 Å². The molecule has 25 heavy (non-hydrogen) atoms. The molecular weight excluding hydrogens is 332 g/mol. The molecule has 0 aromatic heterocycles. The van der Waals surface area contributed by atoms with Crippen LogP contribution in [-0.4, -0.2) is 122 Å². The van der Waals surface area contributed by atoms with Crippen LogP contribution in [0.15, 0.2) is 0 Å². The van der Waals surface area contributed by atoms with Gasteiger partial charge in [0.15, 0.2) is 0 Å². The Labute approximate surface area is 158 Å². The Balaban J connectivity index is 5.71. The molecule has 0 N–H and O–H groups in total. The van der Waals surface area contributed by atoms with Gasteiger partial charge in [-0.25, -0.2) is 0 Å². The molecule has 0 rings (SSSR count). The molecule has 152 valence electrons. The van der Waals surface area contributed by atoms with Gasteiger partial charge < -0.3 is 28.5 Å². The van der Waals surface area contributed by atoms with E-state index in [1.807, 2.05) is 0 Å². The number of rotatable bonds is 14. The van der Waals surface area contributed by atoms with E-state index in [0.717, 1.165) is 39.1 Å². The third-order valence-corrected chi connectivity index (χ3v) is 9.70. The van der Waals surface area contributed by atoms with Gasteiger partial charge in [0, 0.05) is 26.3 Å². The topological polar surface area (TPSA) is 31.4 Å². The fraction of sp³-hybridized carbons (Fsp3) is 1.00. The smallest absolute Gasteiger partial charge is 0.373 e. The molecule has 0 aromatic rings. The van der Waals surface area contributed by atoms with Gasteiger partial charge in [0.25, 0.3) is 0 Å². The van der Waals surface area contributed by atoms with E-state index in [0.29, 0.717) is 11.3 Å². The SMILES string of the molecule is CCC(N(C)C)[Si](OCCN(C)C)(OCCN(C)C)C(CC)N(C)C. The summed E-state index contributed by atoms with van der Waals surface area (Å²) in [5, 5.41) is 0. The second kappa shape index (κ2) is 12.4. The zero-order chi connectivity index (χ0) is 19.6. The summed E-state index contributed by atoms with van der Waals surface area (Å²) in [4.78, 5) is 8.96.